The Balaban J connectivity index is 1.34. The van der Waals surface area contributed by atoms with Gasteiger partial charge in [0.15, 0.2) is 0 Å². The second-order valence-electron chi connectivity index (χ2n) is 7.91. The molecule has 6 nitrogen and oxygen atoms in total. The number of esters is 2. The zero-order valence-electron chi connectivity index (χ0n) is 20.4. The number of rotatable bonds is 10. The Morgan fingerprint density at radius 3 is 1.35 bits per heavy atom. The van der Waals surface area contributed by atoms with Gasteiger partial charge in [0.05, 0.1) is 17.7 Å². The van der Waals surface area contributed by atoms with E-state index in [1.54, 1.807) is 78.9 Å². The highest BCUT2D eigenvalue weighted by atomic mass is 16.5. The summed E-state index contributed by atoms with van der Waals surface area (Å²) in [5.41, 5.74) is 2.71. The summed E-state index contributed by atoms with van der Waals surface area (Å²) in [5.74, 6) is 1.32. The molecule has 0 heterocycles. The molecular formula is C31H26O6. The summed E-state index contributed by atoms with van der Waals surface area (Å²) in [4.78, 5) is 24.9. The molecule has 0 N–H and O–H groups in total. The predicted octanol–water partition coefficient (Wildman–Crippen LogP) is 6.76. The summed E-state index contributed by atoms with van der Waals surface area (Å²) in [6, 6.07) is 27.9. The van der Waals surface area contributed by atoms with Crippen LogP contribution in [0.2, 0.25) is 0 Å². The number of carbonyl (C=O) groups is 2. The molecule has 4 aromatic rings. The highest BCUT2D eigenvalue weighted by Crippen LogP contribution is 2.26. The van der Waals surface area contributed by atoms with Crippen LogP contribution in [0, 0.1) is 0 Å². The first-order valence-electron chi connectivity index (χ1n) is 11.8. The average Bonchev–Trinajstić information content (AvgIpc) is 2.93. The van der Waals surface area contributed by atoms with Crippen LogP contribution in [0.3, 0.4) is 0 Å². The van der Waals surface area contributed by atoms with E-state index in [0.717, 1.165) is 11.1 Å². The van der Waals surface area contributed by atoms with E-state index in [-0.39, 0.29) is 0 Å². The molecule has 0 bridgehead atoms. The molecule has 0 aliphatic heterocycles. The minimum atomic E-state index is -0.457. The maximum absolute atomic E-state index is 12.4. The molecule has 6 heteroatoms. The first-order valence-corrected chi connectivity index (χ1v) is 11.8. The van der Waals surface area contributed by atoms with Crippen LogP contribution >= 0.6 is 0 Å². The Hall–Kier alpha value is -4.84. The molecule has 37 heavy (non-hydrogen) atoms. The molecule has 0 saturated carbocycles. The second-order valence-corrected chi connectivity index (χ2v) is 7.91. The fourth-order valence-corrected chi connectivity index (χ4v) is 3.46. The van der Waals surface area contributed by atoms with Gasteiger partial charge in [-0.1, -0.05) is 36.9 Å². The quantitative estimate of drug-likeness (QED) is 0.138. The lowest BCUT2D eigenvalue weighted by Gasteiger charge is -2.09. The van der Waals surface area contributed by atoms with Gasteiger partial charge in [0.2, 0.25) is 0 Å². The van der Waals surface area contributed by atoms with Crippen LogP contribution in [0.1, 0.15) is 27.6 Å². The van der Waals surface area contributed by atoms with Crippen molar-refractivity contribution in [1.82, 2.24) is 0 Å². The van der Waals surface area contributed by atoms with Crippen molar-refractivity contribution in [2.45, 2.75) is 6.92 Å². The second kappa shape index (κ2) is 12.2. The van der Waals surface area contributed by atoms with Gasteiger partial charge in [-0.15, -0.1) is 0 Å². The van der Waals surface area contributed by atoms with E-state index >= 15 is 0 Å². The van der Waals surface area contributed by atoms with E-state index < -0.39 is 11.9 Å². The molecule has 4 rings (SSSR count). The van der Waals surface area contributed by atoms with Crippen molar-refractivity contribution in [1.29, 1.82) is 0 Å². The molecule has 0 spiro atoms. The summed E-state index contributed by atoms with van der Waals surface area (Å²) >= 11 is 0. The van der Waals surface area contributed by atoms with Gasteiger partial charge in [0.25, 0.3) is 0 Å². The standard InChI is InChI=1S/C31H26O6/c1-3-21-35-27-15-11-25(12-16-27)31(33)37-29-19-7-23(8-20-29)22-5-17-28(18-6-22)36-30(32)24-9-13-26(14-10-24)34-4-2/h3,5-20H,1,4,21H2,2H3. The molecule has 0 unspecified atom stereocenters. The Kier molecular flexibility index (Phi) is 8.34. The van der Waals surface area contributed by atoms with E-state index in [9.17, 15) is 9.59 Å². The lowest BCUT2D eigenvalue weighted by atomic mass is 10.1. The van der Waals surface area contributed by atoms with Gasteiger partial charge in [-0.25, -0.2) is 9.59 Å². The molecule has 0 radical (unpaired) electrons. The zero-order valence-corrected chi connectivity index (χ0v) is 20.4. The summed E-state index contributed by atoms with van der Waals surface area (Å²) in [7, 11) is 0. The van der Waals surface area contributed by atoms with Gasteiger partial charge in [-0.3, -0.25) is 0 Å². The van der Waals surface area contributed by atoms with E-state index in [0.29, 0.717) is 47.3 Å². The van der Waals surface area contributed by atoms with Crippen LogP contribution in [0.15, 0.2) is 110 Å². The molecule has 186 valence electrons. The summed E-state index contributed by atoms with van der Waals surface area (Å²) < 4.78 is 21.8. The first-order chi connectivity index (χ1) is 18.1. The van der Waals surface area contributed by atoms with Crippen molar-refractivity contribution in [3.05, 3.63) is 121 Å². The van der Waals surface area contributed by atoms with Crippen LogP contribution < -0.4 is 18.9 Å². The van der Waals surface area contributed by atoms with Crippen LogP contribution in [-0.4, -0.2) is 25.2 Å². The fourth-order valence-electron chi connectivity index (χ4n) is 3.46. The van der Waals surface area contributed by atoms with E-state index in [1.165, 1.54) is 0 Å². The maximum atomic E-state index is 12.4. The number of benzene rings is 4. The fraction of sp³-hybridized carbons (Fsp3) is 0.0968. The van der Waals surface area contributed by atoms with Crippen molar-refractivity contribution in [3.8, 4) is 34.1 Å². The highest BCUT2D eigenvalue weighted by molar-refractivity contribution is 5.92. The third-order valence-electron chi connectivity index (χ3n) is 5.32. The molecule has 0 aliphatic rings. The van der Waals surface area contributed by atoms with Crippen LogP contribution in [0.25, 0.3) is 11.1 Å². The SMILES string of the molecule is C=CCOc1ccc(C(=O)Oc2ccc(-c3ccc(OC(=O)c4ccc(OCC)cc4)cc3)cc2)cc1. The molecule has 0 amide bonds. The van der Waals surface area contributed by atoms with Gasteiger partial charge in [0, 0.05) is 0 Å². The topological polar surface area (TPSA) is 71.1 Å². The number of hydrogen-bond acceptors (Lipinski definition) is 6. The third kappa shape index (κ3) is 6.86. The summed E-state index contributed by atoms with van der Waals surface area (Å²) in [5, 5.41) is 0. The Morgan fingerprint density at radius 1 is 0.595 bits per heavy atom. The Morgan fingerprint density at radius 2 is 0.973 bits per heavy atom. The molecule has 4 aromatic carbocycles. The maximum Gasteiger partial charge on any atom is 0.343 e. The normalized spacial score (nSPS) is 10.3. The summed E-state index contributed by atoms with van der Waals surface area (Å²) in [6.07, 6.45) is 1.65. The number of ether oxygens (including phenoxy) is 4. The molecule has 0 aliphatic carbocycles. The van der Waals surface area contributed by atoms with Gasteiger partial charge < -0.3 is 18.9 Å². The minimum absolute atomic E-state index is 0.397. The van der Waals surface area contributed by atoms with Crippen molar-refractivity contribution < 1.29 is 28.5 Å². The zero-order chi connectivity index (χ0) is 26.0. The van der Waals surface area contributed by atoms with E-state index in [2.05, 4.69) is 6.58 Å². The summed E-state index contributed by atoms with van der Waals surface area (Å²) in [6.45, 7) is 6.46. The van der Waals surface area contributed by atoms with Gasteiger partial charge >= 0.3 is 11.9 Å². The van der Waals surface area contributed by atoms with Gasteiger partial charge in [-0.2, -0.15) is 0 Å². The van der Waals surface area contributed by atoms with E-state index in [4.69, 9.17) is 18.9 Å². The van der Waals surface area contributed by atoms with Gasteiger partial charge in [0.1, 0.15) is 29.6 Å². The minimum Gasteiger partial charge on any atom is -0.494 e. The highest BCUT2D eigenvalue weighted by Gasteiger charge is 2.11. The predicted molar refractivity (Wildman–Crippen MR) is 142 cm³/mol. The Bertz CT molecular complexity index is 1340. The number of carbonyl (C=O) groups excluding carboxylic acids is 2. The third-order valence-corrected chi connectivity index (χ3v) is 5.32. The van der Waals surface area contributed by atoms with Gasteiger partial charge in [-0.05, 0) is 90.8 Å². The molecule has 0 fully saturated rings. The lowest BCUT2D eigenvalue weighted by Crippen LogP contribution is -2.08. The first kappa shape index (κ1) is 25.3. The average molecular weight is 495 g/mol. The smallest absolute Gasteiger partial charge is 0.343 e. The van der Waals surface area contributed by atoms with Crippen LogP contribution in [0.4, 0.5) is 0 Å². The lowest BCUT2D eigenvalue weighted by molar-refractivity contribution is 0.0725. The molecule has 0 aromatic heterocycles. The monoisotopic (exact) mass is 494 g/mol. The Labute approximate surface area is 215 Å². The van der Waals surface area contributed by atoms with Crippen LogP contribution in [0.5, 0.6) is 23.0 Å². The molecular weight excluding hydrogens is 468 g/mol. The molecule has 0 saturated heterocycles. The van der Waals surface area contributed by atoms with Crippen molar-refractivity contribution in [3.63, 3.8) is 0 Å². The van der Waals surface area contributed by atoms with Crippen molar-refractivity contribution >= 4 is 11.9 Å². The number of hydrogen-bond donors (Lipinski definition) is 0. The molecule has 0 atom stereocenters. The van der Waals surface area contributed by atoms with Crippen LogP contribution in [-0.2, 0) is 0 Å². The van der Waals surface area contributed by atoms with Crippen molar-refractivity contribution in [2.75, 3.05) is 13.2 Å². The van der Waals surface area contributed by atoms with Crippen molar-refractivity contribution in [2.24, 2.45) is 0 Å². The van der Waals surface area contributed by atoms with E-state index in [1.807, 2.05) is 31.2 Å². The largest absolute Gasteiger partial charge is 0.494 e.